The minimum absolute atomic E-state index is 0.202. The Balaban J connectivity index is 1.49. The highest BCUT2D eigenvalue weighted by Crippen LogP contribution is 2.22. The molecule has 1 atom stereocenters. The van der Waals surface area contributed by atoms with E-state index in [1.807, 2.05) is 6.07 Å². The van der Waals surface area contributed by atoms with E-state index in [0.717, 1.165) is 55.3 Å². The molecule has 2 N–H and O–H groups in total. The summed E-state index contributed by atoms with van der Waals surface area (Å²) in [5.41, 5.74) is 3.40. The van der Waals surface area contributed by atoms with Gasteiger partial charge in [0.25, 0.3) is 0 Å². The molecule has 1 saturated heterocycles. The number of nitrogens with one attached hydrogen (secondary N) is 2. The third-order valence-corrected chi connectivity index (χ3v) is 5.06. The highest BCUT2D eigenvalue weighted by atomic mass is 35.5. The summed E-state index contributed by atoms with van der Waals surface area (Å²) in [7, 11) is 1.77. The number of aromatic nitrogens is 1. The first-order chi connectivity index (χ1) is 14.1. The zero-order chi connectivity index (χ0) is 20.5. The van der Waals surface area contributed by atoms with E-state index in [1.165, 1.54) is 5.56 Å². The second kappa shape index (κ2) is 11.0. The van der Waals surface area contributed by atoms with Gasteiger partial charge >= 0.3 is 0 Å². The number of guanidine groups is 1. The second-order valence-corrected chi connectivity index (χ2v) is 7.54. The Morgan fingerprint density at radius 3 is 2.93 bits per heavy atom. The summed E-state index contributed by atoms with van der Waals surface area (Å²) < 4.78 is 11.7. The molecule has 29 heavy (non-hydrogen) atoms. The van der Waals surface area contributed by atoms with Crippen LogP contribution in [0.15, 0.2) is 41.5 Å². The van der Waals surface area contributed by atoms with Crippen LogP contribution in [-0.4, -0.2) is 43.9 Å². The van der Waals surface area contributed by atoms with Crippen LogP contribution in [0.4, 0.5) is 0 Å². The molecule has 1 aromatic heterocycles. The van der Waals surface area contributed by atoms with Gasteiger partial charge in [0.2, 0.25) is 0 Å². The fourth-order valence-electron chi connectivity index (χ4n) is 3.18. The number of ether oxygens (including phenoxy) is 2. The Hall–Kier alpha value is -2.31. The molecule has 1 fully saturated rings. The van der Waals surface area contributed by atoms with Crippen molar-refractivity contribution in [3.63, 3.8) is 0 Å². The zero-order valence-electron chi connectivity index (χ0n) is 17.1. The highest BCUT2D eigenvalue weighted by molar-refractivity contribution is 6.29. The average molecular weight is 417 g/mol. The second-order valence-electron chi connectivity index (χ2n) is 7.15. The van der Waals surface area contributed by atoms with Crippen molar-refractivity contribution in [1.82, 2.24) is 15.6 Å². The summed E-state index contributed by atoms with van der Waals surface area (Å²) in [6.45, 7) is 4.88. The lowest BCUT2D eigenvalue weighted by Crippen LogP contribution is -2.38. The van der Waals surface area contributed by atoms with Gasteiger partial charge in [0.05, 0.1) is 6.10 Å². The number of halogens is 1. The van der Waals surface area contributed by atoms with E-state index in [0.29, 0.717) is 18.3 Å². The molecular weight excluding hydrogens is 388 g/mol. The van der Waals surface area contributed by atoms with Crippen molar-refractivity contribution in [2.24, 2.45) is 4.99 Å². The first kappa shape index (κ1) is 21.4. The quantitative estimate of drug-likeness (QED) is 0.391. The lowest BCUT2D eigenvalue weighted by atomic mass is 10.1. The summed E-state index contributed by atoms with van der Waals surface area (Å²) in [6, 6.07) is 10.1. The van der Waals surface area contributed by atoms with Crippen LogP contribution < -0.4 is 15.4 Å². The van der Waals surface area contributed by atoms with E-state index in [2.05, 4.69) is 45.7 Å². The van der Waals surface area contributed by atoms with Gasteiger partial charge < -0.3 is 20.1 Å². The van der Waals surface area contributed by atoms with Gasteiger partial charge in [-0.05, 0) is 49.4 Å². The molecule has 1 aliphatic heterocycles. The first-order valence-corrected chi connectivity index (χ1v) is 10.4. The molecule has 0 radical (unpaired) electrons. The van der Waals surface area contributed by atoms with Gasteiger partial charge in [-0.15, -0.1) is 0 Å². The number of aliphatic imine (C=N–C) groups is 1. The smallest absolute Gasteiger partial charge is 0.191 e. The van der Waals surface area contributed by atoms with Crippen LogP contribution >= 0.6 is 11.6 Å². The maximum absolute atomic E-state index is 6.07. The molecule has 1 aliphatic rings. The number of hydrogen-bond donors (Lipinski definition) is 2. The maximum atomic E-state index is 6.07. The standard InChI is InChI=1S/C22H29ClN4O2/c1-16-5-7-18(20(12-16)29-15-19-4-3-11-28-19)14-27-22(24-2)25-10-9-17-6-8-21(23)26-13-17/h5-8,12-13,19H,3-4,9-11,14-15H2,1-2H3,(H2,24,25,27). The lowest BCUT2D eigenvalue weighted by molar-refractivity contribution is 0.0676. The van der Waals surface area contributed by atoms with Gasteiger partial charge in [-0.25, -0.2) is 4.98 Å². The van der Waals surface area contributed by atoms with E-state index >= 15 is 0 Å². The van der Waals surface area contributed by atoms with E-state index in [1.54, 1.807) is 19.3 Å². The van der Waals surface area contributed by atoms with Crippen molar-refractivity contribution >= 4 is 17.6 Å². The van der Waals surface area contributed by atoms with Crippen molar-refractivity contribution in [1.29, 1.82) is 0 Å². The predicted molar refractivity (Wildman–Crippen MR) is 117 cm³/mol. The minimum Gasteiger partial charge on any atom is -0.491 e. The van der Waals surface area contributed by atoms with Crippen LogP contribution in [0, 0.1) is 6.92 Å². The van der Waals surface area contributed by atoms with Crippen LogP contribution in [0.2, 0.25) is 5.15 Å². The molecule has 2 aromatic rings. The first-order valence-electron chi connectivity index (χ1n) is 10.0. The lowest BCUT2D eigenvalue weighted by Gasteiger charge is -2.17. The third-order valence-electron chi connectivity index (χ3n) is 4.84. The minimum atomic E-state index is 0.202. The van der Waals surface area contributed by atoms with E-state index in [4.69, 9.17) is 21.1 Å². The fourth-order valence-corrected chi connectivity index (χ4v) is 3.29. The predicted octanol–water partition coefficient (Wildman–Crippen LogP) is 3.51. The Morgan fingerprint density at radius 1 is 1.31 bits per heavy atom. The highest BCUT2D eigenvalue weighted by Gasteiger charge is 2.17. The van der Waals surface area contributed by atoms with E-state index < -0.39 is 0 Å². The van der Waals surface area contributed by atoms with E-state index in [9.17, 15) is 0 Å². The van der Waals surface area contributed by atoms with Gasteiger partial charge in [0.15, 0.2) is 5.96 Å². The summed E-state index contributed by atoms with van der Waals surface area (Å²) in [4.78, 5) is 8.41. The number of pyridine rings is 1. The largest absolute Gasteiger partial charge is 0.491 e. The van der Waals surface area contributed by atoms with Gasteiger partial charge in [-0.2, -0.15) is 0 Å². The molecule has 7 heteroatoms. The molecule has 0 spiro atoms. The van der Waals surface area contributed by atoms with E-state index in [-0.39, 0.29) is 6.10 Å². The number of hydrogen-bond acceptors (Lipinski definition) is 4. The van der Waals surface area contributed by atoms with Crippen LogP contribution in [0.1, 0.15) is 29.5 Å². The van der Waals surface area contributed by atoms with Crippen LogP contribution in [-0.2, 0) is 17.7 Å². The Labute approximate surface area is 177 Å². The monoisotopic (exact) mass is 416 g/mol. The summed E-state index contributed by atoms with van der Waals surface area (Å²) in [6.07, 6.45) is 5.02. The Kier molecular flexibility index (Phi) is 8.14. The van der Waals surface area contributed by atoms with Gasteiger partial charge in [-0.1, -0.05) is 29.8 Å². The SMILES string of the molecule is CN=C(NCCc1ccc(Cl)nc1)NCc1ccc(C)cc1OCC1CCCO1. The molecular formula is C22H29ClN4O2. The summed E-state index contributed by atoms with van der Waals surface area (Å²) in [5, 5.41) is 7.20. The van der Waals surface area contributed by atoms with Crippen LogP contribution in [0.3, 0.4) is 0 Å². The normalized spacial score (nSPS) is 16.7. The van der Waals surface area contributed by atoms with Crippen molar-refractivity contribution in [2.45, 2.75) is 38.8 Å². The molecule has 0 bridgehead atoms. The van der Waals surface area contributed by atoms with Gasteiger partial charge in [0.1, 0.15) is 17.5 Å². The van der Waals surface area contributed by atoms with Crippen LogP contribution in [0.25, 0.3) is 0 Å². The van der Waals surface area contributed by atoms with Crippen molar-refractivity contribution in [3.8, 4) is 5.75 Å². The van der Waals surface area contributed by atoms with Gasteiger partial charge in [0, 0.05) is 38.5 Å². The Bertz CT molecular complexity index is 805. The molecule has 0 amide bonds. The maximum Gasteiger partial charge on any atom is 0.191 e. The molecule has 3 rings (SSSR count). The van der Waals surface area contributed by atoms with Gasteiger partial charge in [-0.3, -0.25) is 4.99 Å². The molecule has 1 unspecified atom stereocenters. The molecule has 6 nitrogen and oxygen atoms in total. The number of benzene rings is 1. The summed E-state index contributed by atoms with van der Waals surface area (Å²) >= 11 is 5.83. The number of aryl methyl sites for hydroxylation is 1. The average Bonchev–Trinajstić information content (AvgIpc) is 3.25. The summed E-state index contributed by atoms with van der Waals surface area (Å²) in [5.74, 6) is 1.65. The molecule has 1 aromatic carbocycles. The Morgan fingerprint density at radius 2 is 2.21 bits per heavy atom. The van der Waals surface area contributed by atoms with Crippen LogP contribution in [0.5, 0.6) is 5.75 Å². The zero-order valence-corrected chi connectivity index (χ0v) is 17.8. The molecule has 156 valence electrons. The number of nitrogens with zero attached hydrogens (tertiary/aromatic N) is 2. The molecule has 0 saturated carbocycles. The molecule has 0 aliphatic carbocycles. The van der Waals surface area contributed by atoms with Crippen molar-refractivity contribution in [3.05, 3.63) is 58.4 Å². The fraction of sp³-hybridized carbons (Fsp3) is 0.455. The molecule has 2 heterocycles. The third kappa shape index (κ3) is 6.91. The number of rotatable bonds is 8. The van der Waals surface area contributed by atoms with Crippen molar-refractivity contribution < 1.29 is 9.47 Å². The van der Waals surface area contributed by atoms with Crippen molar-refractivity contribution in [2.75, 3.05) is 26.8 Å². The topological polar surface area (TPSA) is 67.8 Å².